The molecule has 2 N–H and O–H groups in total. The van der Waals surface area contributed by atoms with Crippen LogP contribution in [0.15, 0.2) is 24.3 Å². The second-order valence-electron chi connectivity index (χ2n) is 5.80. The topological polar surface area (TPSA) is 49.3 Å². The van der Waals surface area contributed by atoms with Crippen LogP contribution in [0, 0.1) is 11.2 Å². The normalized spacial score (nSPS) is 17.7. The molecule has 1 aliphatic rings. The summed E-state index contributed by atoms with van der Waals surface area (Å²) in [5, 5.41) is 12.5. The van der Waals surface area contributed by atoms with E-state index >= 15 is 0 Å². The third kappa shape index (κ3) is 4.04. The smallest absolute Gasteiger partial charge is 0.224 e. The summed E-state index contributed by atoms with van der Waals surface area (Å²) in [4.78, 5) is 11.9. The largest absolute Gasteiger partial charge is 0.396 e. The highest BCUT2D eigenvalue weighted by molar-refractivity contribution is 5.78. The third-order valence-electron chi connectivity index (χ3n) is 4.19. The lowest BCUT2D eigenvalue weighted by Crippen LogP contribution is -2.41. The second kappa shape index (κ2) is 6.84. The van der Waals surface area contributed by atoms with Crippen LogP contribution in [-0.2, 0) is 11.2 Å². The van der Waals surface area contributed by atoms with Crippen LogP contribution in [0.25, 0.3) is 0 Å². The molecule has 0 spiro atoms. The number of amides is 1. The Morgan fingerprint density at radius 3 is 2.45 bits per heavy atom. The molecule has 1 saturated carbocycles. The molecule has 1 fully saturated rings. The highest BCUT2D eigenvalue weighted by Crippen LogP contribution is 2.35. The quantitative estimate of drug-likeness (QED) is 0.869. The molecule has 2 rings (SSSR count). The van der Waals surface area contributed by atoms with E-state index in [1.54, 1.807) is 12.1 Å². The molecule has 4 heteroatoms. The summed E-state index contributed by atoms with van der Waals surface area (Å²) in [5.74, 6) is -0.370. The molecule has 3 nitrogen and oxygen atoms in total. The Kier molecular flexibility index (Phi) is 5.12. The van der Waals surface area contributed by atoms with Crippen molar-refractivity contribution in [3.63, 3.8) is 0 Å². The molecule has 20 heavy (non-hydrogen) atoms. The number of hydrogen-bond acceptors (Lipinski definition) is 2. The van der Waals surface area contributed by atoms with Crippen LogP contribution >= 0.6 is 0 Å². The number of nitrogens with one attached hydrogen (secondary N) is 1. The van der Waals surface area contributed by atoms with E-state index in [2.05, 4.69) is 5.32 Å². The van der Waals surface area contributed by atoms with Gasteiger partial charge in [0.05, 0.1) is 13.0 Å². The van der Waals surface area contributed by atoms with Crippen molar-refractivity contribution in [2.45, 2.75) is 38.5 Å². The van der Waals surface area contributed by atoms with Crippen LogP contribution < -0.4 is 5.32 Å². The minimum atomic E-state index is -0.296. The third-order valence-corrected chi connectivity index (χ3v) is 4.19. The molecule has 0 bridgehead atoms. The van der Waals surface area contributed by atoms with Crippen molar-refractivity contribution in [3.8, 4) is 0 Å². The van der Waals surface area contributed by atoms with Crippen LogP contribution in [0.4, 0.5) is 4.39 Å². The molecule has 1 aromatic rings. The molecule has 0 aromatic heterocycles. The van der Waals surface area contributed by atoms with E-state index in [4.69, 9.17) is 0 Å². The first-order chi connectivity index (χ1) is 9.63. The van der Waals surface area contributed by atoms with Crippen molar-refractivity contribution in [3.05, 3.63) is 35.6 Å². The summed E-state index contributed by atoms with van der Waals surface area (Å²) in [6, 6.07) is 5.96. The zero-order valence-corrected chi connectivity index (χ0v) is 11.7. The number of aliphatic hydroxyl groups excluding tert-OH is 1. The van der Waals surface area contributed by atoms with Gasteiger partial charge in [0, 0.05) is 12.0 Å². The van der Waals surface area contributed by atoms with Crippen LogP contribution in [0.1, 0.15) is 37.7 Å². The van der Waals surface area contributed by atoms with Gasteiger partial charge in [-0.2, -0.15) is 0 Å². The molecule has 0 atom stereocenters. The van der Waals surface area contributed by atoms with Crippen LogP contribution in [0.3, 0.4) is 0 Å². The number of carbonyl (C=O) groups excluding carboxylic acids is 1. The Morgan fingerprint density at radius 2 is 1.85 bits per heavy atom. The summed E-state index contributed by atoms with van der Waals surface area (Å²) in [6.45, 7) is 0.660. The molecule has 1 aromatic carbocycles. The van der Waals surface area contributed by atoms with Crippen LogP contribution in [0.5, 0.6) is 0 Å². The Hall–Kier alpha value is -1.42. The summed E-state index contributed by atoms with van der Waals surface area (Å²) in [7, 11) is 0. The molecule has 0 unspecified atom stereocenters. The van der Waals surface area contributed by atoms with E-state index in [0.717, 1.165) is 31.2 Å². The lowest BCUT2D eigenvalue weighted by molar-refractivity contribution is -0.121. The van der Waals surface area contributed by atoms with Crippen molar-refractivity contribution >= 4 is 5.91 Å². The van der Waals surface area contributed by atoms with E-state index in [-0.39, 0.29) is 30.2 Å². The molecule has 0 heterocycles. The van der Waals surface area contributed by atoms with Crippen molar-refractivity contribution in [2.75, 3.05) is 13.2 Å². The zero-order valence-electron chi connectivity index (χ0n) is 11.7. The predicted octanol–water partition coefficient (Wildman–Crippen LogP) is 2.43. The standard InChI is InChI=1S/C16H22FNO2/c17-14-6-4-13(5-7-14)10-15(20)18-11-16(12-19)8-2-1-3-9-16/h4-7,19H,1-3,8-12H2,(H,18,20). The van der Waals surface area contributed by atoms with Crippen molar-refractivity contribution in [1.29, 1.82) is 0 Å². The fourth-order valence-corrected chi connectivity index (χ4v) is 2.83. The van der Waals surface area contributed by atoms with Crippen molar-refractivity contribution in [2.24, 2.45) is 5.41 Å². The molecule has 0 saturated heterocycles. The van der Waals surface area contributed by atoms with Gasteiger partial charge in [0.25, 0.3) is 0 Å². The number of hydrogen-bond donors (Lipinski definition) is 2. The molecule has 110 valence electrons. The van der Waals surface area contributed by atoms with Crippen molar-refractivity contribution < 1.29 is 14.3 Å². The highest BCUT2D eigenvalue weighted by Gasteiger charge is 2.31. The summed E-state index contributed by atoms with van der Waals surface area (Å²) < 4.78 is 12.8. The van der Waals surface area contributed by atoms with Gasteiger partial charge in [-0.1, -0.05) is 31.4 Å². The van der Waals surface area contributed by atoms with Crippen LogP contribution in [-0.4, -0.2) is 24.2 Å². The van der Waals surface area contributed by atoms with E-state index < -0.39 is 0 Å². The van der Waals surface area contributed by atoms with Gasteiger partial charge in [-0.3, -0.25) is 4.79 Å². The Morgan fingerprint density at radius 1 is 1.20 bits per heavy atom. The van der Waals surface area contributed by atoms with Gasteiger partial charge in [0.2, 0.25) is 5.91 Å². The molecular formula is C16H22FNO2. The molecule has 1 amide bonds. The highest BCUT2D eigenvalue weighted by atomic mass is 19.1. The van der Waals surface area contributed by atoms with E-state index in [1.165, 1.54) is 18.6 Å². The number of aliphatic hydroxyl groups is 1. The van der Waals surface area contributed by atoms with Gasteiger partial charge >= 0.3 is 0 Å². The maximum absolute atomic E-state index is 12.8. The predicted molar refractivity (Wildman–Crippen MR) is 75.7 cm³/mol. The summed E-state index contributed by atoms with van der Waals surface area (Å²) >= 11 is 0. The molecule has 0 radical (unpaired) electrons. The minimum Gasteiger partial charge on any atom is -0.396 e. The first-order valence-electron chi connectivity index (χ1n) is 7.26. The van der Waals surface area contributed by atoms with Gasteiger partial charge in [0.1, 0.15) is 5.82 Å². The number of benzene rings is 1. The number of carbonyl (C=O) groups is 1. The average molecular weight is 279 g/mol. The van der Waals surface area contributed by atoms with Crippen molar-refractivity contribution in [1.82, 2.24) is 5.32 Å². The van der Waals surface area contributed by atoms with Gasteiger partial charge < -0.3 is 10.4 Å². The summed E-state index contributed by atoms with van der Waals surface area (Å²) in [5.41, 5.74) is 0.655. The van der Waals surface area contributed by atoms with Crippen LogP contribution in [0.2, 0.25) is 0 Å². The monoisotopic (exact) mass is 279 g/mol. The average Bonchev–Trinajstić information content (AvgIpc) is 2.49. The Bertz CT molecular complexity index is 438. The molecule has 1 aliphatic carbocycles. The maximum Gasteiger partial charge on any atom is 0.224 e. The second-order valence-corrected chi connectivity index (χ2v) is 5.80. The Labute approximate surface area is 119 Å². The van der Waals surface area contributed by atoms with E-state index in [1.807, 2.05) is 0 Å². The van der Waals surface area contributed by atoms with Gasteiger partial charge in [0.15, 0.2) is 0 Å². The fraction of sp³-hybridized carbons (Fsp3) is 0.562. The number of rotatable bonds is 5. The SMILES string of the molecule is O=C(Cc1ccc(F)cc1)NCC1(CO)CCCCC1. The van der Waals surface area contributed by atoms with E-state index in [0.29, 0.717) is 6.54 Å². The minimum absolute atomic E-state index is 0.0741. The van der Waals surface area contributed by atoms with E-state index in [9.17, 15) is 14.3 Å². The first kappa shape index (κ1) is 15.0. The van der Waals surface area contributed by atoms with Gasteiger partial charge in [-0.15, -0.1) is 0 Å². The summed E-state index contributed by atoms with van der Waals surface area (Å²) in [6.07, 6.45) is 5.65. The van der Waals surface area contributed by atoms with Gasteiger partial charge in [-0.25, -0.2) is 4.39 Å². The fourth-order valence-electron chi connectivity index (χ4n) is 2.83. The first-order valence-corrected chi connectivity index (χ1v) is 7.26. The molecule has 0 aliphatic heterocycles. The lowest BCUT2D eigenvalue weighted by atomic mass is 9.74. The Balaban J connectivity index is 1.83. The zero-order chi connectivity index (χ0) is 14.4. The van der Waals surface area contributed by atoms with Gasteiger partial charge in [-0.05, 0) is 30.5 Å². The maximum atomic E-state index is 12.8. The lowest BCUT2D eigenvalue weighted by Gasteiger charge is -2.35. The number of halogens is 1. The molecular weight excluding hydrogens is 257 g/mol.